The van der Waals surface area contributed by atoms with E-state index in [-0.39, 0.29) is 24.4 Å². The van der Waals surface area contributed by atoms with Crippen LogP contribution in [0.3, 0.4) is 0 Å². The Kier molecular flexibility index (Phi) is 4.20. The number of nitrogens with one attached hydrogen (secondary N) is 1. The third-order valence-corrected chi connectivity index (χ3v) is 4.00. The zero-order chi connectivity index (χ0) is 16.2. The molecule has 1 N–H and O–H groups in total. The molecule has 1 unspecified atom stereocenters. The van der Waals surface area contributed by atoms with Gasteiger partial charge in [0.15, 0.2) is 0 Å². The topological polar surface area (TPSA) is 86.1 Å². The van der Waals surface area contributed by atoms with Gasteiger partial charge >= 0.3 is 0 Å². The van der Waals surface area contributed by atoms with Crippen LogP contribution in [0.25, 0.3) is 10.9 Å². The van der Waals surface area contributed by atoms with Gasteiger partial charge in [0, 0.05) is 18.1 Å². The largest absolute Gasteiger partial charge is 0.343 e. The molecule has 0 aliphatic carbocycles. The fourth-order valence-corrected chi connectivity index (χ4v) is 2.84. The van der Waals surface area contributed by atoms with E-state index in [1.165, 1.54) is 4.90 Å². The summed E-state index contributed by atoms with van der Waals surface area (Å²) in [5.41, 5.74) is 1.05. The standard InChI is InChI=1S/C17H16N4O2/c18-10-13-6-3-9-21(13)15(22)11-20-17(23)14-7-1-4-12-5-2-8-19-16(12)14/h1-2,4-5,7-8,13H,3,6,9,11H2,(H,20,23). The fraction of sp³-hybridized carbons (Fsp3) is 0.294. The molecule has 3 rings (SSSR count). The molecule has 2 aromatic rings. The maximum atomic E-state index is 12.3. The number of hydrogen-bond acceptors (Lipinski definition) is 4. The number of carbonyl (C=O) groups is 2. The minimum absolute atomic E-state index is 0.111. The Morgan fingerprint density at radius 3 is 3.00 bits per heavy atom. The lowest BCUT2D eigenvalue weighted by Gasteiger charge is -2.19. The van der Waals surface area contributed by atoms with Crippen molar-refractivity contribution < 1.29 is 9.59 Å². The number of nitrogens with zero attached hydrogens (tertiary/aromatic N) is 3. The van der Waals surface area contributed by atoms with Gasteiger partial charge in [-0.15, -0.1) is 0 Å². The molecule has 116 valence electrons. The molecule has 0 spiro atoms. The van der Waals surface area contributed by atoms with Gasteiger partial charge in [0.25, 0.3) is 5.91 Å². The zero-order valence-corrected chi connectivity index (χ0v) is 12.5. The molecule has 1 aromatic heterocycles. The SMILES string of the molecule is N#CC1CCCN1C(=O)CNC(=O)c1cccc2cccnc12. The highest BCUT2D eigenvalue weighted by Gasteiger charge is 2.28. The van der Waals surface area contributed by atoms with Gasteiger partial charge in [-0.05, 0) is 25.0 Å². The monoisotopic (exact) mass is 308 g/mol. The summed E-state index contributed by atoms with van der Waals surface area (Å²) in [5, 5.41) is 12.5. The molecule has 6 heteroatoms. The first kappa shape index (κ1) is 15.0. The first-order chi connectivity index (χ1) is 11.2. The number of para-hydroxylation sites is 1. The molecule has 1 atom stereocenters. The number of nitriles is 1. The van der Waals surface area contributed by atoms with Crippen LogP contribution >= 0.6 is 0 Å². The maximum Gasteiger partial charge on any atom is 0.253 e. The first-order valence-electron chi connectivity index (χ1n) is 7.52. The van der Waals surface area contributed by atoms with Crippen molar-refractivity contribution >= 4 is 22.7 Å². The lowest BCUT2D eigenvalue weighted by atomic mass is 10.1. The highest BCUT2D eigenvalue weighted by molar-refractivity contribution is 6.06. The second-order valence-corrected chi connectivity index (χ2v) is 5.44. The molecule has 0 radical (unpaired) electrons. The summed E-state index contributed by atoms with van der Waals surface area (Å²) < 4.78 is 0. The van der Waals surface area contributed by atoms with Crippen molar-refractivity contribution in [2.75, 3.05) is 13.1 Å². The second-order valence-electron chi connectivity index (χ2n) is 5.44. The number of amides is 2. The molecular weight excluding hydrogens is 292 g/mol. The lowest BCUT2D eigenvalue weighted by Crippen LogP contribution is -2.42. The van der Waals surface area contributed by atoms with Crippen molar-refractivity contribution in [3.05, 3.63) is 42.1 Å². The normalized spacial score (nSPS) is 17.0. The van der Waals surface area contributed by atoms with Crippen molar-refractivity contribution in [1.82, 2.24) is 15.2 Å². The van der Waals surface area contributed by atoms with Crippen LogP contribution in [0.5, 0.6) is 0 Å². The lowest BCUT2D eigenvalue weighted by molar-refractivity contribution is -0.130. The summed E-state index contributed by atoms with van der Waals surface area (Å²) in [6.07, 6.45) is 3.15. The molecule has 1 aromatic carbocycles. The minimum atomic E-state index is -0.376. The van der Waals surface area contributed by atoms with E-state index in [2.05, 4.69) is 16.4 Å². The number of likely N-dealkylation sites (tertiary alicyclic amines) is 1. The fourth-order valence-electron chi connectivity index (χ4n) is 2.84. The Balaban J connectivity index is 1.70. The quantitative estimate of drug-likeness (QED) is 0.930. The van der Waals surface area contributed by atoms with Crippen molar-refractivity contribution in [1.29, 1.82) is 5.26 Å². The molecule has 1 aliphatic heterocycles. The average molecular weight is 308 g/mol. The first-order valence-corrected chi connectivity index (χ1v) is 7.52. The third kappa shape index (κ3) is 2.99. The molecule has 2 amide bonds. The van der Waals surface area contributed by atoms with E-state index in [0.29, 0.717) is 24.0 Å². The van der Waals surface area contributed by atoms with E-state index in [4.69, 9.17) is 5.26 Å². The van der Waals surface area contributed by atoms with Crippen molar-refractivity contribution in [3.63, 3.8) is 0 Å². The van der Waals surface area contributed by atoms with Gasteiger partial charge < -0.3 is 10.2 Å². The number of pyridine rings is 1. The molecule has 23 heavy (non-hydrogen) atoms. The van der Waals surface area contributed by atoms with E-state index in [1.807, 2.05) is 18.2 Å². The third-order valence-electron chi connectivity index (χ3n) is 4.00. The number of rotatable bonds is 3. The minimum Gasteiger partial charge on any atom is -0.343 e. The van der Waals surface area contributed by atoms with Crippen LogP contribution < -0.4 is 5.32 Å². The Hall–Kier alpha value is -2.94. The molecule has 2 heterocycles. The van der Waals surface area contributed by atoms with Crippen molar-refractivity contribution in [3.8, 4) is 6.07 Å². The molecule has 1 fully saturated rings. The van der Waals surface area contributed by atoms with E-state index in [1.54, 1.807) is 18.3 Å². The summed E-state index contributed by atoms with van der Waals surface area (Å²) >= 11 is 0. The summed E-state index contributed by atoms with van der Waals surface area (Å²) in [6.45, 7) is 0.461. The molecule has 6 nitrogen and oxygen atoms in total. The van der Waals surface area contributed by atoms with Gasteiger partial charge in [0.2, 0.25) is 5.91 Å². The Bertz CT molecular complexity index is 791. The molecule has 1 aliphatic rings. The average Bonchev–Trinajstić information content (AvgIpc) is 3.07. The summed E-state index contributed by atoms with van der Waals surface area (Å²) in [7, 11) is 0. The highest BCUT2D eigenvalue weighted by Crippen LogP contribution is 2.17. The number of carbonyl (C=O) groups excluding carboxylic acids is 2. The highest BCUT2D eigenvalue weighted by atomic mass is 16.2. The zero-order valence-electron chi connectivity index (χ0n) is 12.5. The van der Waals surface area contributed by atoms with Crippen LogP contribution in [-0.2, 0) is 4.79 Å². The van der Waals surface area contributed by atoms with Crippen LogP contribution in [0.1, 0.15) is 23.2 Å². The Morgan fingerprint density at radius 1 is 1.35 bits per heavy atom. The molecule has 1 saturated heterocycles. The van der Waals surface area contributed by atoms with Gasteiger partial charge in [-0.25, -0.2) is 0 Å². The van der Waals surface area contributed by atoms with E-state index < -0.39 is 0 Å². The van der Waals surface area contributed by atoms with Gasteiger partial charge in [-0.2, -0.15) is 5.26 Å². The molecular formula is C17H16N4O2. The Labute approximate surface area is 133 Å². The van der Waals surface area contributed by atoms with Crippen molar-refractivity contribution in [2.45, 2.75) is 18.9 Å². The molecule has 0 bridgehead atoms. The van der Waals surface area contributed by atoms with Crippen molar-refractivity contribution in [2.24, 2.45) is 0 Å². The Morgan fingerprint density at radius 2 is 2.17 bits per heavy atom. The van der Waals surface area contributed by atoms with Crippen LogP contribution in [-0.4, -0.2) is 40.8 Å². The molecule has 0 saturated carbocycles. The van der Waals surface area contributed by atoms with Gasteiger partial charge in [-0.3, -0.25) is 14.6 Å². The predicted octanol–water partition coefficient (Wildman–Crippen LogP) is 1.48. The smallest absolute Gasteiger partial charge is 0.253 e. The number of aromatic nitrogens is 1. The van der Waals surface area contributed by atoms with Gasteiger partial charge in [0.1, 0.15) is 6.04 Å². The number of fused-ring (bicyclic) bond motifs is 1. The van der Waals surface area contributed by atoms with E-state index >= 15 is 0 Å². The summed E-state index contributed by atoms with van der Waals surface area (Å²) in [4.78, 5) is 30.3. The van der Waals surface area contributed by atoms with Crippen LogP contribution in [0.2, 0.25) is 0 Å². The van der Waals surface area contributed by atoms with Crippen LogP contribution in [0.15, 0.2) is 36.5 Å². The predicted molar refractivity (Wildman–Crippen MR) is 84.4 cm³/mol. The van der Waals surface area contributed by atoms with E-state index in [9.17, 15) is 9.59 Å². The van der Waals surface area contributed by atoms with E-state index in [0.717, 1.165) is 11.8 Å². The van der Waals surface area contributed by atoms with Crippen LogP contribution in [0, 0.1) is 11.3 Å². The maximum absolute atomic E-state index is 12.3. The number of hydrogen-bond donors (Lipinski definition) is 1. The van der Waals surface area contributed by atoms with Gasteiger partial charge in [-0.1, -0.05) is 18.2 Å². The van der Waals surface area contributed by atoms with Crippen LogP contribution in [0.4, 0.5) is 0 Å². The summed E-state index contributed by atoms with van der Waals surface area (Å²) in [5.74, 6) is -0.564. The number of benzene rings is 1. The second kappa shape index (κ2) is 6.44. The summed E-state index contributed by atoms with van der Waals surface area (Å²) in [6, 6.07) is 10.8. The van der Waals surface area contributed by atoms with Gasteiger partial charge in [0.05, 0.1) is 23.7 Å².